The van der Waals surface area contributed by atoms with E-state index in [2.05, 4.69) is 10.4 Å². The zero-order chi connectivity index (χ0) is 25.8. The van der Waals surface area contributed by atoms with Gasteiger partial charge in [0.2, 0.25) is 5.91 Å². The maximum atomic E-state index is 13.4. The Hall–Kier alpha value is -4.59. The van der Waals surface area contributed by atoms with Crippen molar-refractivity contribution in [1.82, 2.24) is 15.1 Å². The van der Waals surface area contributed by atoms with E-state index in [4.69, 9.17) is 9.47 Å². The molecule has 1 aliphatic rings. The van der Waals surface area contributed by atoms with Gasteiger partial charge in [-0.25, -0.2) is 4.68 Å². The van der Waals surface area contributed by atoms with E-state index >= 15 is 0 Å². The monoisotopic (exact) mass is 496 g/mol. The summed E-state index contributed by atoms with van der Waals surface area (Å²) in [7, 11) is 3.16. The van der Waals surface area contributed by atoms with Gasteiger partial charge < -0.3 is 19.7 Å². The van der Waals surface area contributed by atoms with Crippen LogP contribution in [0.2, 0.25) is 0 Å². The molecule has 37 heavy (non-hydrogen) atoms. The number of nitrogens with one attached hydrogen (secondary N) is 1. The van der Waals surface area contributed by atoms with Crippen LogP contribution in [0.25, 0.3) is 16.8 Å². The number of hydrogen-bond acceptors (Lipinski definition) is 5. The average molecular weight is 497 g/mol. The highest BCUT2D eigenvalue weighted by atomic mass is 16.5. The molecule has 0 aliphatic carbocycles. The summed E-state index contributed by atoms with van der Waals surface area (Å²) in [5.74, 6) is 1.03. The molecule has 0 spiro atoms. The molecule has 1 aliphatic heterocycles. The third kappa shape index (κ3) is 5.04. The largest absolute Gasteiger partial charge is 0.493 e. The molecule has 8 heteroatoms. The first-order chi connectivity index (χ1) is 18.1. The SMILES string of the molecule is COc1ccc(-c2cn(-c3ccccc3)nc2C(=O)NCc2ccc(N3CCCC3=O)cc2)cc1OC. The van der Waals surface area contributed by atoms with Crippen LogP contribution in [-0.2, 0) is 11.3 Å². The molecule has 0 bridgehead atoms. The lowest BCUT2D eigenvalue weighted by atomic mass is 10.1. The van der Waals surface area contributed by atoms with Gasteiger partial charge in [-0.05, 0) is 53.9 Å². The van der Waals surface area contributed by atoms with E-state index in [1.807, 2.05) is 79.0 Å². The van der Waals surface area contributed by atoms with Gasteiger partial charge in [0, 0.05) is 37.0 Å². The summed E-state index contributed by atoms with van der Waals surface area (Å²) in [6, 6.07) is 22.9. The summed E-state index contributed by atoms with van der Waals surface area (Å²) in [6.45, 7) is 1.08. The molecular weight excluding hydrogens is 468 g/mol. The van der Waals surface area contributed by atoms with Gasteiger partial charge in [-0.3, -0.25) is 9.59 Å². The van der Waals surface area contributed by atoms with E-state index in [9.17, 15) is 9.59 Å². The van der Waals surface area contributed by atoms with Crippen molar-refractivity contribution in [2.24, 2.45) is 0 Å². The van der Waals surface area contributed by atoms with E-state index in [1.165, 1.54) is 0 Å². The Balaban J connectivity index is 1.40. The highest BCUT2D eigenvalue weighted by Crippen LogP contribution is 2.34. The molecule has 2 heterocycles. The van der Waals surface area contributed by atoms with Gasteiger partial charge in [0.25, 0.3) is 5.91 Å². The Morgan fingerprint density at radius 3 is 2.38 bits per heavy atom. The summed E-state index contributed by atoms with van der Waals surface area (Å²) in [6.07, 6.45) is 3.32. The number of carbonyl (C=O) groups excluding carboxylic acids is 2. The standard InChI is InChI=1S/C29H28N4O4/c1-36-25-15-12-21(17-26(25)37-2)24-19-33(23-7-4-3-5-8-23)31-28(24)29(35)30-18-20-10-13-22(14-11-20)32-16-6-9-27(32)34/h3-5,7-8,10-15,17,19H,6,9,16,18H2,1-2H3,(H,30,35). The number of methoxy groups -OCH3 is 2. The normalized spacial score (nSPS) is 13.0. The van der Waals surface area contributed by atoms with Crippen molar-refractivity contribution >= 4 is 17.5 Å². The molecule has 0 unspecified atom stereocenters. The molecule has 0 radical (unpaired) electrons. The zero-order valence-electron chi connectivity index (χ0n) is 20.8. The number of anilines is 1. The summed E-state index contributed by atoms with van der Waals surface area (Å²) in [5, 5.41) is 7.62. The van der Waals surface area contributed by atoms with E-state index < -0.39 is 0 Å². The van der Waals surface area contributed by atoms with Crippen LogP contribution in [0.1, 0.15) is 28.9 Å². The Morgan fingerprint density at radius 2 is 1.70 bits per heavy atom. The fourth-order valence-corrected chi connectivity index (χ4v) is 4.45. The van der Waals surface area contributed by atoms with Crippen molar-refractivity contribution in [3.8, 4) is 28.3 Å². The summed E-state index contributed by atoms with van der Waals surface area (Å²) in [4.78, 5) is 27.2. The molecule has 188 valence electrons. The molecule has 3 aromatic carbocycles. The highest BCUT2D eigenvalue weighted by molar-refractivity contribution is 5.99. The van der Waals surface area contributed by atoms with Crippen molar-refractivity contribution in [3.05, 3.63) is 90.3 Å². The second kappa shape index (κ2) is 10.6. The van der Waals surface area contributed by atoms with E-state index in [1.54, 1.807) is 23.8 Å². The molecule has 8 nitrogen and oxygen atoms in total. The molecular formula is C29H28N4O4. The average Bonchev–Trinajstić information content (AvgIpc) is 3.59. The number of amides is 2. The molecule has 0 atom stereocenters. The summed E-state index contributed by atoms with van der Waals surface area (Å²) in [5.41, 5.74) is 4.41. The van der Waals surface area contributed by atoms with Gasteiger partial charge in [-0.15, -0.1) is 0 Å². The molecule has 0 saturated carbocycles. The second-order valence-corrected chi connectivity index (χ2v) is 8.74. The first-order valence-corrected chi connectivity index (χ1v) is 12.1. The van der Waals surface area contributed by atoms with Crippen LogP contribution in [0.3, 0.4) is 0 Å². The quantitative estimate of drug-likeness (QED) is 0.385. The van der Waals surface area contributed by atoms with Gasteiger partial charge in [0.05, 0.1) is 19.9 Å². The predicted octanol–water partition coefficient (Wildman–Crippen LogP) is 4.61. The second-order valence-electron chi connectivity index (χ2n) is 8.74. The Morgan fingerprint density at radius 1 is 0.946 bits per heavy atom. The van der Waals surface area contributed by atoms with Crippen LogP contribution in [0.15, 0.2) is 79.0 Å². The lowest BCUT2D eigenvalue weighted by Gasteiger charge is -2.16. The predicted molar refractivity (Wildman–Crippen MR) is 141 cm³/mol. The molecule has 1 saturated heterocycles. The van der Waals surface area contributed by atoms with Gasteiger partial charge in [-0.1, -0.05) is 36.4 Å². The van der Waals surface area contributed by atoms with Crippen LogP contribution in [-0.4, -0.2) is 42.4 Å². The minimum absolute atomic E-state index is 0.151. The van der Waals surface area contributed by atoms with Crippen molar-refractivity contribution in [2.45, 2.75) is 19.4 Å². The Labute approximate surface area is 215 Å². The zero-order valence-corrected chi connectivity index (χ0v) is 20.8. The molecule has 5 rings (SSSR count). The van der Waals surface area contributed by atoms with Crippen LogP contribution in [0.5, 0.6) is 11.5 Å². The van der Waals surface area contributed by atoms with Gasteiger partial charge in [0.15, 0.2) is 17.2 Å². The summed E-state index contributed by atoms with van der Waals surface area (Å²) < 4.78 is 12.5. The number of carbonyl (C=O) groups is 2. The Bertz CT molecular complexity index is 1410. The fraction of sp³-hybridized carbons (Fsp3) is 0.207. The van der Waals surface area contributed by atoms with Crippen LogP contribution in [0, 0.1) is 0 Å². The van der Waals surface area contributed by atoms with Gasteiger partial charge in [-0.2, -0.15) is 5.10 Å². The van der Waals surface area contributed by atoms with E-state index in [0.29, 0.717) is 35.7 Å². The van der Waals surface area contributed by atoms with Gasteiger partial charge >= 0.3 is 0 Å². The Kier molecular flexibility index (Phi) is 6.89. The topological polar surface area (TPSA) is 85.7 Å². The molecule has 2 amide bonds. The maximum absolute atomic E-state index is 13.4. The number of para-hydroxylation sites is 1. The van der Waals surface area contributed by atoms with E-state index in [-0.39, 0.29) is 11.8 Å². The van der Waals surface area contributed by atoms with Crippen molar-refractivity contribution in [2.75, 3.05) is 25.7 Å². The number of nitrogens with zero attached hydrogens (tertiary/aromatic N) is 3. The number of aromatic nitrogens is 2. The molecule has 1 fully saturated rings. The molecule has 4 aromatic rings. The third-order valence-corrected chi connectivity index (χ3v) is 6.42. The molecule has 1 N–H and O–H groups in total. The molecule has 1 aromatic heterocycles. The maximum Gasteiger partial charge on any atom is 0.272 e. The summed E-state index contributed by atoms with van der Waals surface area (Å²) >= 11 is 0. The van der Waals surface area contributed by atoms with Crippen molar-refractivity contribution in [3.63, 3.8) is 0 Å². The van der Waals surface area contributed by atoms with Crippen LogP contribution < -0.4 is 19.7 Å². The van der Waals surface area contributed by atoms with Crippen molar-refractivity contribution < 1.29 is 19.1 Å². The minimum Gasteiger partial charge on any atom is -0.493 e. The first-order valence-electron chi connectivity index (χ1n) is 12.1. The lowest BCUT2D eigenvalue weighted by molar-refractivity contribution is -0.117. The smallest absolute Gasteiger partial charge is 0.272 e. The van der Waals surface area contributed by atoms with E-state index in [0.717, 1.165) is 35.5 Å². The third-order valence-electron chi connectivity index (χ3n) is 6.42. The van der Waals surface area contributed by atoms with Gasteiger partial charge in [0.1, 0.15) is 0 Å². The number of benzene rings is 3. The highest BCUT2D eigenvalue weighted by Gasteiger charge is 2.22. The van der Waals surface area contributed by atoms with Crippen LogP contribution in [0.4, 0.5) is 5.69 Å². The number of hydrogen-bond donors (Lipinski definition) is 1. The number of ether oxygens (including phenoxy) is 2. The number of rotatable bonds is 8. The lowest BCUT2D eigenvalue weighted by Crippen LogP contribution is -2.25. The minimum atomic E-state index is -0.293. The first kappa shape index (κ1) is 24.1. The fourth-order valence-electron chi connectivity index (χ4n) is 4.45. The van der Waals surface area contributed by atoms with Crippen LogP contribution >= 0.6 is 0 Å². The van der Waals surface area contributed by atoms with Crippen molar-refractivity contribution in [1.29, 1.82) is 0 Å².